The summed E-state index contributed by atoms with van der Waals surface area (Å²) >= 11 is 0. The van der Waals surface area contributed by atoms with Crippen molar-refractivity contribution in [3.8, 4) is 11.1 Å². The van der Waals surface area contributed by atoms with Crippen LogP contribution in [-0.2, 0) is 0 Å². The summed E-state index contributed by atoms with van der Waals surface area (Å²) in [6, 6.07) is 17.3. The maximum absolute atomic E-state index is 11.0. The first-order chi connectivity index (χ1) is 15.7. The molecule has 34 heavy (non-hydrogen) atoms. The van der Waals surface area contributed by atoms with Gasteiger partial charge in [-0.1, -0.05) is 102 Å². The van der Waals surface area contributed by atoms with E-state index in [4.69, 9.17) is 5.41 Å². The van der Waals surface area contributed by atoms with Gasteiger partial charge in [-0.05, 0) is 75.3 Å². The molecule has 0 aromatic heterocycles. The van der Waals surface area contributed by atoms with Crippen LogP contribution < -0.4 is 0 Å². The summed E-state index contributed by atoms with van der Waals surface area (Å²) < 4.78 is 22.0. The lowest BCUT2D eigenvalue weighted by atomic mass is 9.92. The van der Waals surface area contributed by atoms with Gasteiger partial charge in [-0.3, -0.25) is 0 Å². The lowest BCUT2D eigenvalue weighted by Crippen LogP contribution is -1.98. The quantitative estimate of drug-likeness (QED) is 0.330. The van der Waals surface area contributed by atoms with Gasteiger partial charge in [-0.25, -0.2) is 8.78 Å². The fourth-order valence-electron chi connectivity index (χ4n) is 2.51. The van der Waals surface area contributed by atoms with E-state index in [1.165, 1.54) is 28.7 Å². The number of benzene rings is 2. The summed E-state index contributed by atoms with van der Waals surface area (Å²) in [6.07, 6.45) is 4.17. The highest BCUT2D eigenvalue weighted by atomic mass is 19.3. The van der Waals surface area contributed by atoms with Gasteiger partial charge in [0.15, 0.2) is 0 Å². The number of allylic oxidation sites excluding steroid dienone is 1. The largest absolute Gasteiger partial charge is 0.310 e. The molecule has 2 aromatic rings. The minimum Gasteiger partial charge on any atom is -0.310 e. The summed E-state index contributed by atoms with van der Waals surface area (Å²) in [5.41, 5.74) is 6.93. The summed E-state index contributed by atoms with van der Waals surface area (Å²) in [6.45, 7) is 25.7. The average molecular weight is 474 g/mol. The third-order valence-corrected chi connectivity index (χ3v) is 3.57. The molecule has 0 aliphatic rings. The molecule has 2 aromatic carbocycles. The third-order valence-electron chi connectivity index (χ3n) is 3.57. The lowest BCUT2D eigenvalue weighted by Gasteiger charge is -2.13. The van der Waals surface area contributed by atoms with E-state index in [0.717, 1.165) is 25.8 Å². The third kappa shape index (κ3) is 24.1. The SMILES string of the molecule is C=Cc1cccc(-c2cccc(C(C)CC(=C)C)c2)c1.CC.CC(C)(F)F.CC(C)=N.CCC. The van der Waals surface area contributed by atoms with E-state index in [-0.39, 0.29) is 0 Å². The van der Waals surface area contributed by atoms with Crippen LogP contribution >= 0.6 is 0 Å². The standard InChI is InChI=1S/C20H22.C3H6F2.C3H7N.C3H8.C2H6/c1-5-17-8-6-10-19(13-17)20-11-7-9-18(14-20)16(4)12-15(2)3;1-3(2,4)5;1-3(2)4;1-3-2;1-2/h5-11,13-14,16H,1-2,12H2,3-4H3;1-2H3;4H,1-2H3;3H2,1-2H3;1-2H3. The minimum absolute atomic E-state index is 0.509. The maximum Gasteiger partial charge on any atom is 0.242 e. The predicted octanol–water partition coefficient (Wildman–Crippen LogP) is 11.2. The van der Waals surface area contributed by atoms with Crippen LogP contribution in [0.25, 0.3) is 17.2 Å². The molecule has 0 saturated heterocycles. The maximum atomic E-state index is 11.0. The topological polar surface area (TPSA) is 23.9 Å². The first-order valence-corrected chi connectivity index (χ1v) is 12.1. The molecule has 0 aliphatic heterocycles. The second-order valence-electron chi connectivity index (χ2n) is 8.55. The second kappa shape index (κ2) is 21.0. The first kappa shape index (κ1) is 36.0. The molecule has 0 spiro atoms. The van der Waals surface area contributed by atoms with Crippen molar-refractivity contribution >= 4 is 11.8 Å². The molecule has 1 N–H and O–H groups in total. The molecule has 0 aliphatic carbocycles. The van der Waals surface area contributed by atoms with E-state index in [1.54, 1.807) is 13.8 Å². The van der Waals surface area contributed by atoms with E-state index in [9.17, 15) is 8.78 Å². The van der Waals surface area contributed by atoms with Crippen molar-refractivity contribution in [3.05, 3.63) is 78.4 Å². The Morgan fingerprint density at radius 1 is 0.971 bits per heavy atom. The molecular formula is C31H49F2N. The normalized spacial score (nSPS) is 10.2. The molecule has 192 valence electrons. The zero-order chi connectivity index (χ0) is 27.3. The van der Waals surface area contributed by atoms with Crippen molar-refractivity contribution in [2.24, 2.45) is 0 Å². The molecule has 1 unspecified atom stereocenters. The molecule has 0 bridgehead atoms. The van der Waals surface area contributed by atoms with Crippen LogP contribution in [0.3, 0.4) is 0 Å². The van der Waals surface area contributed by atoms with Crippen molar-refractivity contribution in [2.45, 2.75) is 93.9 Å². The van der Waals surface area contributed by atoms with Crippen molar-refractivity contribution in [3.63, 3.8) is 0 Å². The molecule has 0 radical (unpaired) electrons. The molecule has 0 fully saturated rings. The number of rotatable bonds is 5. The number of alkyl halides is 2. The van der Waals surface area contributed by atoms with Crippen molar-refractivity contribution in [1.29, 1.82) is 5.41 Å². The van der Waals surface area contributed by atoms with Gasteiger partial charge in [-0.15, -0.1) is 6.58 Å². The Bertz CT molecular complexity index is 806. The average Bonchev–Trinajstić information content (AvgIpc) is 2.74. The van der Waals surface area contributed by atoms with Gasteiger partial charge in [-0.2, -0.15) is 0 Å². The Balaban J connectivity index is -0.000000568. The van der Waals surface area contributed by atoms with Crippen LogP contribution in [0.5, 0.6) is 0 Å². The van der Waals surface area contributed by atoms with Crippen LogP contribution in [0.15, 0.2) is 67.3 Å². The van der Waals surface area contributed by atoms with Gasteiger partial charge >= 0.3 is 0 Å². The number of nitrogens with one attached hydrogen (secondary N) is 1. The van der Waals surface area contributed by atoms with E-state index in [1.807, 2.05) is 19.9 Å². The van der Waals surface area contributed by atoms with Gasteiger partial charge in [0, 0.05) is 5.71 Å². The number of hydrogen-bond donors (Lipinski definition) is 1. The zero-order valence-electron chi connectivity index (χ0n) is 23.4. The highest BCUT2D eigenvalue weighted by molar-refractivity contribution is 5.75. The number of hydrogen-bond acceptors (Lipinski definition) is 1. The molecule has 2 rings (SSSR count). The molecule has 0 heterocycles. The Kier molecular flexibility index (Phi) is 22.3. The van der Waals surface area contributed by atoms with Gasteiger partial charge in [0.1, 0.15) is 0 Å². The smallest absolute Gasteiger partial charge is 0.242 e. The van der Waals surface area contributed by atoms with E-state index < -0.39 is 5.92 Å². The first-order valence-electron chi connectivity index (χ1n) is 12.1. The van der Waals surface area contributed by atoms with Crippen molar-refractivity contribution in [2.75, 3.05) is 0 Å². The van der Waals surface area contributed by atoms with Gasteiger partial charge in [0.05, 0.1) is 0 Å². The molecule has 1 atom stereocenters. The lowest BCUT2D eigenvalue weighted by molar-refractivity contribution is 0.0437. The summed E-state index contributed by atoms with van der Waals surface area (Å²) in [5, 5.41) is 6.50. The molecular weight excluding hydrogens is 424 g/mol. The fourth-order valence-corrected chi connectivity index (χ4v) is 2.51. The zero-order valence-corrected chi connectivity index (χ0v) is 23.4. The minimum atomic E-state index is -2.50. The highest BCUT2D eigenvalue weighted by Crippen LogP contribution is 2.27. The molecule has 0 amide bonds. The Morgan fingerprint density at radius 2 is 1.35 bits per heavy atom. The molecule has 0 saturated carbocycles. The molecule has 1 nitrogen and oxygen atoms in total. The summed E-state index contributed by atoms with van der Waals surface area (Å²) in [4.78, 5) is 0. The highest BCUT2D eigenvalue weighted by Gasteiger charge is 2.08. The van der Waals surface area contributed by atoms with Crippen LogP contribution in [0, 0.1) is 5.41 Å². The molecule has 3 heteroatoms. The van der Waals surface area contributed by atoms with Gasteiger partial charge in [0.25, 0.3) is 0 Å². The van der Waals surface area contributed by atoms with Crippen LogP contribution in [0.2, 0.25) is 0 Å². The Hall–Kier alpha value is -2.55. The monoisotopic (exact) mass is 473 g/mol. The fraction of sp³-hybridized carbons (Fsp3) is 0.452. The van der Waals surface area contributed by atoms with Gasteiger partial charge in [0.2, 0.25) is 5.92 Å². The second-order valence-corrected chi connectivity index (χ2v) is 8.55. The Morgan fingerprint density at radius 3 is 1.74 bits per heavy atom. The van der Waals surface area contributed by atoms with Crippen LogP contribution in [-0.4, -0.2) is 11.6 Å². The van der Waals surface area contributed by atoms with Crippen LogP contribution in [0.1, 0.15) is 99.1 Å². The number of halogens is 2. The predicted molar refractivity (Wildman–Crippen MR) is 152 cm³/mol. The Labute approximate surface area is 209 Å². The van der Waals surface area contributed by atoms with Crippen LogP contribution in [0.4, 0.5) is 8.78 Å². The summed E-state index contributed by atoms with van der Waals surface area (Å²) in [5.74, 6) is -1.99. The van der Waals surface area contributed by atoms with Gasteiger partial charge < -0.3 is 5.41 Å². The van der Waals surface area contributed by atoms with Crippen molar-refractivity contribution in [1.82, 2.24) is 0 Å². The summed E-state index contributed by atoms with van der Waals surface area (Å²) in [7, 11) is 0. The van der Waals surface area contributed by atoms with E-state index in [0.29, 0.717) is 11.6 Å². The van der Waals surface area contributed by atoms with Crippen molar-refractivity contribution < 1.29 is 8.78 Å². The van der Waals surface area contributed by atoms with E-state index in [2.05, 4.69) is 89.4 Å². The van der Waals surface area contributed by atoms with E-state index >= 15 is 0 Å².